The second kappa shape index (κ2) is 6.36. The van der Waals surface area contributed by atoms with E-state index in [0.29, 0.717) is 36.4 Å². The number of benzene rings is 1. The average molecular weight is 359 g/mol. The van der Waals surface area contributed by atoms with Gasteiger partial charge >= 0.3 is 0 Å². The highest BCUT2D eigenvalue weighted by molar-refractivity contribution is 7.13. The number of nitrogens with zero attached hydrogens (tertiary/aromatic N) is 2. The normalized spacial score (nSPS) is 19.2. The maximum atomic E-state index is 12.4. The number of hydrogen-bond donors (Lipinski definition) is 1. The highest BCUT2D eigenvalue weighted by Gasteiger charge is 2.35. The molecule has 2 aromatic rings. The summed E-state index contributed by atoms with van der Waals surface area (Å²) >= 11 is 1.38. The number of fused-ring (bicyclic) bond motifs is 1. The largest absolute Gasteiger partial charge is 0.486 e. The van der Waals surface area contributed by atoms with Crippen molar-refractivity contribution in [1.29, 1.82) is 0 Å². The molecule has 1 saturated heterocycles. The van der Waals surface area contributed by atoms with E-state index >= 15 is 0 Å². The third-order valence-electron chi connectivity index (χ3n) is 4.18. The molecule has 7 nitrogen and oxygen atoms in total. The van der Waals surface area contributed by atoms with Crippen LogP contribution in [0.15, 0.2) is 23.6 Å². The van der Waals surface area contributed by atoms with Crippen molar-refractivity contribution < 1.29 is 19.1 Å². The van der Waals surface area contributed by atoms with Gasteiger partial charge < -0.3 is 19.7 Å². The second-order valence-electron chi connectivity index (χ2n) is 6.02. The lowest BCUT2D eigenvalue weighted by atomic mass is 10.1. The topological polar surface area (TPSA) is 80.8 Å². The van der Waals surface area contributed by atoms with Gasteiger partial charge in [-0.3, -0.25) is 9.59 Å². The fraction of sp³-hybridized carbons (Fsp3) is 0.353. The molecule has 25 heavy (non-hydrogen) atoms. The summed E-state index contributed by atoms with van der Waals surface area (Å²) < 4.78 is 11.1. The number of anilines is 2. The summed E-state index contributed by atoms with van der Waals surface area (Å²) in [5.74, 6) is 0.651. The molecule has 1 N–H and O–H groups in total. The van der Waals surface area contributed by atoms with Crippen LogP contribution in [0.4, 0.5) is 10.8 Å². The molecule has 1 aromatic heterocycles. The molecular weight excluding hydrogens is 342 g/mol. The Morgan fingerprint density at radius 3 is 2.88 bits per heavy atom. The molecule has 0 spiro atoms. The Morgan fingerprint density at radius 1 is 1.32 bits per heavy atom. The molecule has 2 amide bonds. The molecule has 0 unspecified atom stereocenters. The monoisotopic (exact) mass is 359 g/mol. The Morgan fingerprint density at radius 2 is 2.12 bits per heavy atom. The molecule has 130 valence electrons. The maximum Gasteiger partial charge on any atom is 0.231 e. The van der Waals surface area contributed by atoms with E-state index in [9.17, 15) is 9.59 Å². The number of amides is 2. The number of rotatable bonds is 3. The van der Waals surface area contributed by atoms with Crippen LogP contribution in [-0.2, 0) is 9.59 Å². The standard InChI is InChI=1S/C17H17N3O4S/c1-10-9-25-17(18-10)19-16(22)11-6-15(21)20(8-11)12-2-3-13-14(7-12)24-5-4-23-13/h2-3,7,9,11H,4-6,8H2,1H3,(H,18,19,22)/t11-/m0/s1. The molecule has 1 atom stereocenters. The highest BCUT2D eigenvalue weighted by Crippen LogP contribution is 2.36. The van der Waals surface area contributed by atoms with Crippen molar-refractivity contribution in [2.24, 2.45) is 5.92 Å². The summed E-state index contributed by atoms with van der Waals surface area (Å²) in [7, 11) is 0. The van der Waals surface area contributed by atoms with E-state index in [1.54, 1.807) is 17.0 Å². The summed E-state index contributed by atoms with van der Waals surface area (Å²) in [4.78, 5) is 30.6. The molecule has 1 fully saturated rings. The SMILES string of the molecule is Cc1csc(NC(=O)[C@H]2CC(=O)N(c3ccc4c(c3)OCCO4)C2)n1. The van der Waals surface area contributed by atoms with Gasteiger partial charge in [0.05, 0.1) is 11.6 Å². The molecule has 3 heterocycles. The molecule has 2 aliphatic heterocycles. The second-order valence-corrected chi connectivity index (χ2v) is 6.87. The Bertz CT molecular complexity index is 835. The minimum Gasteiger partial charge on any atom is -0.486 e. The van der Waals surface area contributed by atoms with E-state index in [1.807, 2.05) is 18.4 Å². The fourth-order valence-corrected chi connectivity index (χ4v) is 3.64. The lowest BCUT2D eigenvalue weighted by Gasteiger charge is -2.22. The Balaban J connectivity index is 1.47. The van der Waals surface area contributed by atoms with E-state index in [2.05, 4.69) is 10.3 Å². The Kier molecular flexibility index (Phi) is 4.04. The minimum absolute atomic E-state index is 0.0767. The first kappa shape index (κ1) is 15.9. The zero-order valence-electron chi connectivity index (χ0n) is 13.7. The van der Waals surface area contributed by atoms with Crippen LogP contribution < -0.4 is 19.7 Å². The van der Waals surface area contributed by atoms with Gasteiger partial charge in [-0.05, 0) is 19.1 Å². The first-order valence-corrected chi connectivity index (χ1v) is 8.91. The molecule has 0 aliphatic carbocycles. The van der Waals surface area contributed by atoms with Gasteiger partial charge in [-0.15, -0.1) is 11.3 Å². The van der Waals surface area contributed by atoms with Crippen LogP contribution in [0.25, 0.3) is 0 Å². The molecule has 0 bridgehead atoms. The van der Waals surface area contributed by atoms with Crippen LogP contribution in [-0.4, -0.2) is 36.6 Å². The molecule has 0 saturated carbocycles. The number of hydrogen-bond acceptors (Lipinski definition) is 6. The van der Waals surface area contributed by atoms with Crippen LogP contribution in [0.5, 0.6) is 11.5 Å². The summed E-state index contributed by atoms with van der Waals surface area (Å²) in [6.07, 6.45) is 0.185. The Hall–Kier alpha value is -2.61. The average Bonchev–Trinajstić information content (AvgIpc) is 3.20. The molecule has 8 heteroatoms. The quantitative estimate of drug-likeness (QED) is 0.909. The van der Waals surface area contributed by atoms with Crippen LogP contribution in [0.1, 0.15) is 12.1 Å². The third-order valence-corrected chi connectivity index (χ3v) is 5.06. The van der Waals surface area contributed by atoms with Crippen molar-refractivity contribution in [3.63, 3.8) is 0 Å². The van der Waals surface area contributed by atoms with E-state index < -0.39 is 5.92 Å². The molecule has 4 rings (SSSR count). The number of carbonyl (C=O) groups is 2. The number of thiazole rings is 1. The molecule has 1 aromatic carbocycles. The lowest BCUT2D eigenvalue weighted by molar-refractivity contribution is -0.122. The van der Waals surface area contributed by atoms with E-state index in [0.717, 1.165) is 11.4 Å². The molecule has 0 radical (unpaired) electrons. The minimum atomic E-state index is -0.398. The van der Waals surface area contributed by atoms with E-state index in [-0.39, 0.29) is 18.2 Å². The van der Waals surface area contributed by atoms with Crippen LogP contribution in [0.2, 0.25) is 0 Å². The van der Waals surface area contributed by atoms with Gasteiger partial charge in [-0.1, -0.05) is 0 Å². The predicted octanol–water partition coefficient (Wildman–Crippen LogP) is 2.21. The van der Waals surface area contributed by atoms with E-state index in [1.165, 1.54) is 11.3 Å². The first-order chi connectivity index (χ1) is 12.1. The summed E-state index contributed by atoms with van der Waals surface area (Å²) in [6.45, 7) is 3.22. The van der Waals surface area contributed by atoms with Crippen molar-refractivity contribution in [2.45, 2.75) is 13.3 Å². The smallest absolute Gasteiger partial charge is 0.231 e. The molecular formula is C17H17N3O4S. The van der Waals surface area contributed by atoms with Gasteiger partial charge in [0.15, 0.2) is 16.6 Å². The number of carbonyl (C=O) groups excluding carboxylic acids is 2. The summed E-state index contributed by atoms with van der Waals surface area (Å²) in [5, 5.41) is 5.23. The number of ether oxygens (including phenoxy) is 2. The van der Waals surface area contributed by atoms with Gasteiger partial charge in [-0.2, -0.15) is 0 Å². The zero-order valence-corrected chi connectivity index (χ0v) is 14.5. The van der Waals surface area contributed by atoms with Crippen LogP contribution >= 0.6 is 11.3 Å². The zero-order chi connectivity index (χ0) is 17.4. The van der Waals surface area contributed by atoms with Crippen LogP contribution in [0.3, 0.4) is 0 Å². The number of aryl methyl sites for hydroxylation is 1. The predicted molar refractivity (Wildman–Crippen MR) is 93.4 cm³/mol. The van der Waals surface area contributed by atoms with Gasteiger partial charge in [0.1, 0.15) is 13.2 Å². The Labute approximate surface area is 148 Å². The van der Waals surface area contributed by atoms with Gasteiger partial charge in [0, 0.05) is 30.1 Å². The van der Waals surface area contributed by atoms with Crippen molar-refractivity contribution >= 4 is 34.0 Å². The number of nitrogens with one attached hydrogen (secondary N) is 1. The lowest BCUT2D eigenvalue weighted by Crippen LogP contribution is -2.28. The van der Waals surface area contributed by atoms with Gasteiger partial charge in [-0.25, -0.2) is 4.98 Å². The maximum absolute atomic E-state index is 12.4. The summed E-state index contributed by atoms with van der Waals surface area (Å²) in [5.41, 5.74) is 1.58. The van der Waals surface area contributed by atoms with Crippen molar-refractivity contribution in [1.82, 2.24) is 4.98 Å². The number of aromatic nitrogens is 1. The van der Waals surface area contributed by atoms with Crippen LogP contribution in [0, 0.1) is 12.8 Å². The fourth-order valence-electron chi connectivity index (χ4n) is 2.95. The first-order valence-electron chi connectivity index (χ1n) is 8.03. The van der Waals surface area contributed by atoms with Crippen molar-refractivity contribution in [3.05, 3.63) is 29.3 Å². The van der Waals surface area contributed by atoms with Crippen molar-refractivity contribution in [2.75, 3.05) is 30.0 Å². The third kappa shape index (κ3) is 3.17. The summed E-state index contributed by atoms with van der Waals surface area (Å²) in [6, 6.07) is 5.40. The van der Waals surface area contributed by atoms with E-state index in [4.69, 9.17) is 9.47 Å². The highest BCUT2D eigenvalue weighted by atomic mass is 32.1. The van der Waals surface area contributed by atoms with Gasteiger partial charge in [0.2, 0.25) is 11.8 Å². The van der Waals surface area contributed by atoms with Gasteiger partial charge in [0.25, 0.3) is 0 Å². The van der Waals surface area contributed by atoms with Crippen molar-refractivity contribution in [3.8, 4) is 11.5 Å². The molecule has 2 aliphatic rings.